The van der Waals surface area contributed by atoms with Crippen LogP contribution in [0.2, 0.25) is 5.02 Å². The highest BCUT2D eigenvalue weighted by Crippen LogP contribution is 2.34. The number of rotatable bonds is 9. The van der Waals surface area contributed by atoms with Crippen molar-refractivity contribution in [3.8, 4) is 5.75 Å². The van der Waals surface area contributed by atoms with Gasteiger partial charge in [-0.05, 0) is 59.7 Å². The fourth-order valence-electron chi connectivity index (χ4n) is 4.52. The van der Waals surface area contributed by atoms with Crippen LogP contribution in [-0.4, -0.2) is 43.7 Å². The Morgan fingerprint density at radius 1 is 0.905 bits per heavy atom. The number of nitrogens with one attached hydrogen (secondary N) is 1. The number of anilines is 1. The monoisotopic (exact) mass is 667 g/mol. The fourth-order valence-corrected chi connectivity index (χ4v) is 6.29. The number of ether oxygens (including phenoxy) is 1. The zero-order valence-corrected chi connectivity index (χ0v) is 25.5. The van der Waals surface area contributed by atoms with Gasteiger partial charge in [0, 0.05) is 22.6 Å². The number of hydrogen-bond acceptors (Lipinski definition) is 5. The standard InChI is InChI=1S/C31H27BrClN3O5S/c32-24-12-10-23(11-13-24)19-35(42(39,40)26-16-14-25(33)15-17-26)21-30(37)36-20-29(41-28-9-5-4-8-27(28)36)31(38)34-18-22-6-2-1-3-7-22/h1-17,29H,18-21H2,(H,34,38)/t29-/m1/s1. The zero-order valence-electron chi connectivity index (χ0n) is 22.3. The van der Waals surface area contributed by atoms with Crippen molar-refractivity contribution in [1.82, 2.24) is 9.62 Å². The largest absolute Gasteiger partial charge is 0.477 e. The van der Waals surface area contributed by atoms with Crippen LogP contribution < -0.4 is 15.0 Å². The summed E-state index contributed by atoms with van der Waals surface area (Å²) in [5.74, 6) is -0.523. The lowest BCUT2D eigenvalue weighted by Gasteiger charge is -2.35. The average Bonchev–Trinajstić information content (AvgIpc) is 3.00. The molecule has 216 valence electrons. The molecule has 1 heterocycles. The van der Waals surface area contributed by atoms with Gasteiger partial charge in [-0.15, -0.1) is 0 Å². The number of amides is 2. The van der Waals surface area contributed by atoms with Crippen molar-refractivity contribution >= 4 is 55.1 Å². The number of carbonyl (C=O) groups excluding carboxylic acids is 2. The molecule has 0 fully saturated rings. The topological polar surface area (TPSA) is 96.0 Å². The number of fused-ring (bicyclic) bond motifs is 1. The molecule has 11 heteroatoms. The van der Waals surface area contributed by atoms with Crippen LogP contribution in [-0.2, 0) is 32.7 Å². The van der Waals surface area contributed by atoms with Crippen LogP contribution in [0.4, 0.5) is 5.69 Å². The number of benzene rings is 4. The van der Waals surface area contributed by atoms with Crippen molar-refractivity contribution in [1.29, 1.82) is 0 Å². The molecule has 42 heavy (non-hydrogen) atoms. The van der Waals surface area contributed by atoms with Crippen LogP contribution in [0.5, 0.6) is 5.75 Å². The molecule has 4 aromatic rings. The van der Waals surface area contributed by atoms with E-state index >= 15 is 0 Å². The molecular weight excluding hydrogens is 642 g/mol. The van der Waals surface area contributed by atoms with E-state index in [9.17, 15) is 18.0 Å². The van der Waals surface area contributed by atoms with Crippen molar-refractivity contribution in [3.05, 3.63) is 124 Å². The van der Waals surface area contributed by atoms with E-state index < -0.39 is 28.6 Å². The molecule has 4 aromatic carbocycles. The van der Waals surface area contributed by atoms with Gasteiger partial charge in [-0.1, -0.05) is 82.1 Å². The molecule has 0 saturated carbocycles. The van der Waals surface area contributed by atoms with Gasteiger partial charge < -0.3 is 15.0 Å². The summed E-state index contributed by atoms with van der Waals surface area (Å²) >= 11 is 9.39. The Balaban J connectivity index is 1.40. The minimum atomic E-state index is -4.10. The first-order chi connectivity index (χ1) is 20.2. The molecule has 0 bridgehead atoms. The summed E-state index contributed by atoms with van der Waals surface area (Å²) in [5.41, 5.74) is 2.08. The third-order valence-electron chi connectivity index (χ3n) is 6.71. The van der Waals surface area contributed by atoms with Crippen LogP contribution in [0, 0.1) is 0 Å². The first kappa shape index (κ1) is 29.8. The molecule has 1 aliphatic heterocycles. The highest BCUT2D eigenvalue weighted by molar-refractivity contribution is 9.10. The summed E-state index contributed by atoms with van der Waals surface area (Å²) in [6, 6.07) is 29.3. The molecule has 0 spiro atoms. The highest BCUT2D eigenvalue weighted by atomic mass is 79.9. The minimum Gasteiger partial charge on any atom is -0.477 e. The average molecular weight is 669 g/mol. The SMILES string of the molecule is O=C(NCc1ccccc1)[C@H]1CN(C(=O)CN(Cc2ccc(Br)cc2)S(=O)(=O)c2ccc(Cl)cc2)c2ccccc2O1. The summed E-state index contributed by atoms with van der Waals surface area (Å²) in [4.78, 5) is 28.4. The molecule has 8 nitrogen and oxygen atoms in total. The smallest absolute Gasteiger partial charge is 0.263 e. The van der Waals surface area contributed by atoms with Gasteiger partial charge in [0.2, 0.25) is 15.9 Å². The molecule has 0 saturated heterocycles. The Hall–Kier alpha value is -3.70. The van der Waals surface area contributed by atoms with Crippen molar-refractivity contribution < 1.29 is 22.7 Å². The lowest BCUT2D eigenvalue weighted by molar-refractivity contribution is -0.128. The van der Waals surface area contributed by atoms with Crippen LogP contribution in [0.25, 0.3) is 0 Å². The van der Waals surface area contributed by atoms with Gasteiger partial charge in [-0.2, -0.15) is 4.31 Å². The van der Waals surface area contributed by atoms with Crippen LogP contribution in [0.1, 0.15) is 11.1 Å². The highest BCUT2D eigenvalue weighted by Gasteiger charge is 2.36. The molecule has 5 rings (SSSR count). The minimum absolute atomic E-state index is 0.0114. The van der Waals surface area contributed by atoms with Gasteiger partial charge in [0.05, 0.1) is 23.7 Å². The quantitative estimate of drug-likeness (QED) is 0.258. The maximum Gasteiger partial charge on any atom is 0.263 e. The van der Waals surface area contributed by atoms with Crippen LogP contribution in [0.3, 0.4) is 0 Å². The number of sulfonamides is 1. The van der Waals surface area contributed by atoms with E-state index in [2.05, 4.69) is 21.2 Å². The second-order valence-corrected chi connectivity index (χ2v) is 12.9. The van der Waals surface area contributed by atoms with Gasteiger partial charge in [0.25, 0.3) is 5.91 Å². The van der Waals surface area contributed by atoms with E-state index in [1.807, 2.05) is 30.3 Å². The molecule has 1 N–H and O–H groups in total. The van der Waals surface area contributed by atoms with Crippen molar-refractivity contribution in [3.63, 3.8) is 0 Å². The Labute approximate surface area is 258 Å². The summed E-state index contributed by atoms with van der Waals surface area (Å²) in [6.45, 7) is -0.288. The second-order valence-electron chi connectivity index (χ2n) is 9.64. The van der Waals surface area contributed by atoms with Crippen molar-refractivity contribution in [2.75, 3.05) is 18.0 Å². The van der Waals surface area contributed by atoms with Gasteiger partial charge in [-0.3, -0.25) is 9.59 Å². The first-order valence-electron chi connectivity index (χ1n) is 13.1. The molecule has 2 amide bonds. The second kappa shape index (κ2) is 13.1. The molecule has 1 aliphatic rings. The number of hydrogen-bond donors (Lipinski definition) is 1. The van der Waals surface area contributed by atoms with Crippen molar-refractivity contribution in [2.24, 2.45) is 0 Å². The van der Waals surface area contributed by atoms with Crippen molar-refractivity contribution in [2.45, 2.75) is 24.1 Å². The first-order valence-corrected chi connectivity index (χ1v) is 15.7. The van der Waals surface area contributed by atoms with Gasteiger partial charge in [0.1, 0.15) is 5.75 Å². The van der Waals surface area contributed by atoms with Gasteiger partial charge in [-0.25, -0.2) is 8.42 Å². The molecule has 0 aliphatic carbocycles. The Bertz CT molecular complexity index is 1670. The van der Waals surface area contributed by atoms with Crippen LogP contribution >= 0.6 is 27.5 Å². The molecule has 0 radical (unpaired) electrons. The van der Waals surface area contributed by atoms with E-state index in [0.717, 1.165) is 14.3 Å². The maximum absolute atomic E-state index is 13.9. The summed E-state index contributed by atoms with van der Waals surface area (Å²) in [6.07, 6.45) is -0.986. The Morgan fingerprint density at radius 3 is 2.29 bits per heavy atom. The van der Waals surface area contributed by atoms with Gasteiger partial charge in [0.15, 0.2) is 6.10 Å². The number of para-hydroxylation sites is 2. The Morgan fingerprint density at radius 2 is 1.57 bits per heavy atom. The predicted octanol–water partition coefficient (Wildman–Crippen LogP) is 5.40. The molecular formula is C31H27BrClN3O5S. The lowest BCUT2D eigenvalue weighted by atomic mass is 10.1. The lowest BCUT2D eigenvalue weighted by Crippen LogP contribution is -2.52. The van der Waals surface area contributed by atoms with E-state index in [1.165, 1.54) is 29.2 Å². The number of carbonyl (C=O) groups is 2. The van der Waals surface area contributed by atoms with E-state index in [1.54, 1.807) is 48.5 Å². The summed E-state index contributed by atoms with van der Waals surface area (Å²) in [7, 11) is -4.10. The summed E-state index contributed by atoms with van der Waals surface area (Å²) in [5, 5.41) is 3.26. The van der Waals surface area contributed by atoms with E-state index in [4.69, 9.17) is 16.3 Å². The predicted molar refractivity (Wildman–Crippen MR) is 165 cm³/mol. The normalized spacial score (nSPS) is 14.6. The zero-order chi connectivity index (χ0) is 29.7. The molecule has 0 aromatic heterocycles. The third-order valence-corrected chi connectivity index (χ3v) is 9.30. The number of halogens is 2. The van der Waals surface area contributed by atoms with Crippen LogP contribution in [0.15, 0.2) is 112 Å². The number of nitrogens with zero attached hydrogens (tertiary/aromatic N) is 2. The van der Waals surface area contributed by atoms with E-state index in [0.29, 0.717) is 28.6 Å². The Kier molecular flexibility index (Phi) is 9.27. The third kappa shape index (κ3) is 7.01. The fraction of sp³-hybridized carbons (Fsp3) is 0.161. The van der Waals surface area contributed by atoms with E-state index in [-0.39, 0.29) is 23.9 Å². The molecule has 0 unspecified atom stereocenters. The maximum atomic E-state index is 13.9. The van der Waals surface area contributed by atoms with Gasteiger partial charge >= 0.3 is 0 Å². The molecule has 1 atom stereocenters. The summed E-state index contributed by atoms with van der Waals surface area (Å²) < 4.78 is 35.5.